The molecule has 0 aromatic heterocycles. The van der Waals surface area contributed by atoms with Crippen molar-refractivity contribution in [2.45, 2.75) is 126 Å². The van der Waals surface area contributed by atoms with E-state index in [2.05, 4.69) is 53.7 Å². The van der Waals surface area contributed by atoms with Crippen LogP contribution < -0.4 is 0 Å². The van der Waals surface area contributed by atoms with Gasteiger partial charge < -0.3 is 19.3 Å². The van der Waals surface area contributed by atoms with Crippen molar-refractivity contribution in [3.05, 3.63) is 34.9 Å². The van der Waals surface area contributed by atoms with Crippen molar-refractivity contribution in [3.8, 4) is 0 Å². The number of carboxylic acids is 1. The molecule has 244 valence electrons. The minimum atomic E-state index is -0.922. The zero-order valence-electron chi connectivity index (χ0n) is 28.2. The Labute approximate surface area is 262 Å². The number of carboxylic acid groups (broad SMARTS) is 1. The maximum absolute atomic E-state index is 12.7. The maximum atomic E-state index is 12.7. The number of hydrogen-bond donors (Lipinski definition) is 1. The first-order valence-electron chi connectivity index (χ1n) is 16.2. The van der Waals surface area contributed by atoms with Crippen LogP contribution in [0, 0.1) is 39.4 Å². The average Bonchev–Trinajstić information content (AvgIpc) is 3.13. The predicted octanol–water partition coefficient (Wildman–Crippen LogP) is 6.97. The monoisotopic (exact) mass is 612 g/mol. The maximum Gasteiger partial charge on any atom is 0.330 e. The molecular formula is C36H52O8. The normalized spacial score (nSPS) is 38.1. The number of hydrogen-bond acceptors (Lipinski definition) is 7. The first-order chi connectivity index (χ1) is 20.3. The van der Waals surface area contributed by atoms with E-state index < -0.39 is 29.0 Å². The summed E-state index contributed by atoms with van der Waals surface area (Å²) < 4.78 is 18.3. The fraction of sp³-hybridized carbons (Fsp3) is 0.722. The van der Waals surface area contributed by atoms with E-state index in [0.717, 1.165) is 31.3 Å². The molecule has 9 atom stereocenters. The molecule has 0 bridgehead atoms. The van der Waals surface area contributed by atoms with E-state index in [9.17, 15) is 24.3 Å². The van der Waals surface area contributed by atoms with Crippen LogP contribution in [0.25, 0.3) is 0 Å². The van der Waals surface area contributed by atoms with Crippen LogP contribution in [0.2, 0.25) is 0 Å². The number of carbonyl (C=O) groups excluding carboxylic acids is 3. The summed E-state index contributed by atoms with van der Waals surface area (Å²) in [5, 5.41) is 9.32. The van der Waals surface area contributed by atoms with E-state index in [0.29, 0.717) is 18.4 Å². The Morgan fingerprint density at radius 1 is 0.932 bits per heavy atom. The standard InChI is InChI=1S/C36H52O8/c1-20(12-11-13-21(2)32(40)41)26-18-30(43-23(4)38)35(9)25-14-15-28-33(6,7)29(42-22(3)37)16-17-34(28,8)27(25)19-31(36(26,35)10)44-24(5)39/h13-14,19-20,26,28-31H,11-12,15-18H2,1-10H3,(H,40,41)/t20-,26-,28+,29-,30+,31-,34-,35-,36+/m1/s1. The summed E-state index contributed by atoms with van der Waals surface area (Å²) in [7, 11) is 0. The van der Waals surface area contributed by atoms with Gasteiger partial charge in [-0.25, -0.2) is 4.79 Å². The lowest BCUT2D eigenvalue weighted by atomic mass is 9.43. The molecule has 0 aromatic rings. The highest BCUT2D eigenvalue weighted by Gasteiger charge is 2.71. The number of aliphatic carboxylic acids is 1. The van der Waals surface area contributed by atoms with E-state index in [1.165, 1.54) is 26.3 Å². The molecule has 0 saturated heterocycles. The summed E-state index contributed by atoms with van der Waals surface area (Å²) in [6.45, 7) is 19.2. The second kappa shape index (κ2) is 11.8. The molecule has 1 N–H and O–H groups in total. The quantitative estimate of drug-likeness (QED) is 0.177. The lowest BCUT2D eigenvalue weighted by Gasteiger charge is -2.62. The Hall–Kier alpha value is -2.90. The van der Waals surface area contributed by atoms with Gasteiger partial charge in [-0.1, -0.05) is 53.7 Å². The molecule has 0 radical (unpaired) electrons. The van der Waals surface area contributed by atoms with E-state index in [-0.39, 0.29) is 52.6 Å². The highest BCUT2D eigenvalue weighted by molar-refractivity contribution is 5.85. The first-order valence-corrected chi connectivity index (χ1v) is 16.2. The second-order valence-electron chi connectivity index (χ2n) is 15.1. The summed E-state index contributed by atoms with van der Waals surface area (Å²) in [4.78, 5) is 48.6. The van der Waals surface area contributed by atoms with Crippen molar-refractivity contribution < 1.29 is 38.5 Å². The molecule has 0 aliphatic heterocycles. The Morgan fingerprint density at radius 2 is 1.52 bits per heavy atom. The lowest BCUT2D eigenvalue weighted by Crippen LogP contribution is -2.60. The molecule has 0 spiro atoms. The predicted molar refractivity (Wildman–Crippen MR) is 166 cm³/mol. The molecule has 0 unspecified atom stereocenters. The van der Waals surface area contributed by atoms with E-state index in [4.69, 9.17) is 14.2 Å². The van der Waals surface area contributed by atoms with Gasteiger partial charge in [0.2, 0.25) is 0 Å². The summed E-state index contributed by atoms with van der Waals surface area (Å²) >= 11 is 0. The highest BCUT2D eigenvalue weighted by atomic mass is 16.6. The number of fused-ring (bicyclic) bond motifs is 5. The summed E-state index contributed by atoms with van der Waals surface area (Å²) in [6.07, 6.45) is 9.43. The van der Waals surface area contributed by atoms with Crippen LogP contribution in [0.3, 0.4) is 0 Å². The third-order valence-electron chi connectivity index (χ3n) is 12.4. The van der Waals surface area contributed by atoms with Crippen molar-refractivity contribution in [2.75, 3.05) is 0 Å². The van der Waals surface area contributed by atoms with Crippen molar-refractivity contribution in [1.82, 2.24) is 0 Å². The first kappa shape index (κ1) is 34.0. The van der Waals surface area contributed by atoms with Gasteiger partial charge in [0.15, 0.2) is 0 Å². The fourth-order valence-corrected chi connectivity index (χ4v) is 9.86. The number of esters is 3. The van der Waals surface area contributed by atoms with Gasteiger partial charge in [-0.2, -0.15) is 0 Å². The van der Waals surface area contributed by atoms with Gasteiger partial charge in [0, 0.05) is 42.6 Å². The zero-order chi connectivity index (χ0) is 33.0. The van der Waals surface area contributed by atoms with Gasteiger partial charge in [0.05, 0.1) is 0 Å². The van der Waals surface area contributed by atoms with Gasteiger partial charge in [0.25, 0.3) is 0 Å². The molecule has 0 heterocycles. The van der Waals surface area contributed by atoms with Crippen molar-refractivity contribution in [3.63, 3.8) is 0 Å². The van der Waals surface area contributed by atoms with Gasteiger partial charge in [-0.05, 0) is 85.8 Å². The van der Waals surface area contributed by atoms with Crippen LogP contribution in [0.4, 0.5) is 0 Å². The highest BCUT2D eigenvalue weighted by Crippen LogP contribution is 2.72. The number of ether oxygens (including phenoxy) is 3. The molecule has 8 heteroatoms. The van der Waals surface area contributed by atoms with Crippen molar-refractivity contribution in [1.29, 1.82) is 0 Å². The van der Waals surface area contributed by atoms with Crippen LogP contribution in [-0.4, -0.2) is 47.3 Å². The smallest absolute Gasteiger partial charge is 0.330 e. The van der Waals surface area contributed by atoms with Crippen molar-refractivity contribution in [2.24, 2.45) is 39.4 Å². The van der Waals surface area contributed by atoms with Crippen LogP contribution in [-0.2, 0) is 33.4 Å². The molecule has 4 rings (SSSR count). The fourth-order valence-electron chi connectivity index (χ4n) is 9.86. The molecule has 8 nitrogen and oxygen atoms in total. The van der Waals surface area contributed by atoms with Crippen LogP contribution in [0.5, 0.6) is 0 Å². The molecule has 2 saturated carbocycles. The number of carbonyl (C=O) groups is 4. The van der Waals surface area contributed by atoms with Crippen LogP contribution >= 0.6 is 0 Å². The minimum Gasteiger partial charge on any atom is -0.478 e. The van der Waals surface area contributed by atoms with E-state index in [1.54, 1.807) is 13.0 Å². The molecule has 2 fully saturated rings. The SMILES string of the molecule is CC(=O)O[C@H]1C[C@H]([C@H](C)CCC=C(C)C(=O)O)[C@@]2(C)[C@H](OC(C)=O)C=C3C(=CC[C@H]4C(C)(C)[C@H](OC(C)=O)CC[C@]34C)[C@]12C. The molecule has 0 aromatic carbocycles. The summed E-state index contributed by atoms with van der Waals surface area (Å²) in [5.74, 6) is -1.54. The molecular weight excluding hydrogens is 560 g/mol. The van der Waals surface area contributed by atoms with Gasteiger partial charge >= 0.3 is 23.9 Å². The summed E-state index contributed by atoms with van der Waals surface area (Å²) in [5.41, 5.74) is 0.861. The third kappa shape index (κ3) is 5.34. The topological polar surface area (TPSA) is 116 Å². The lowest BCUT2D eigenvalue weighted by molar-refractivity contribution is -0.170. The molecule has 4 aliphatic carbocycles. The second-order valence-corrected chi connectivity index (χ2v) is 15.1. The summed E-state index contributed by atoms with van der Waals surface area (Å²) in [6, 6.07) is 0. The average molecular weight is 613 g/mol. The van der Waals surface area contributed by atoms with Crippen LogP contribution in [0.15, 0.2) is 34.9 Å². The largest absolute Gasteiger partial charge is 0.478 e. The van der Waals surface area contributed by atoms with Crippen molar-refractivity contribution >= 4 is 23.9 Å². The molecule has 44 heavy (non-hydrogen) atoms. The van der Waals surface area contributed by atoms with Gasteiger partial charge in [-0.3, -0.25) is 14.4 Å². The third-order valence-corrected chi connectivity index (χ3v) is 12.4. The Balaban J connectivity index is 1.85. The number of rotatable bonds is 8. The van der Waals surface area contributed by atoms with Gasteiger partial charge in [-0.15, -0.1) is 0 Å². The Kier molecular flexibility index (Phi) is 9.11. The molecule has 4 aliphatic rings. The van der Waals surface area contributed by atoms with E-state index in [1.807, 2.05) is 0 Å². The van der Waals surface area contributed by atoms with Gasteiger partial charge in [0.1, 0.15) is 18.3 Å². The minimum absolute atomic E-state index is 0.0279. The zero-order valence-corrected chi connectivity index (χ0v) is 28.2. The Bertz CT molecular complexity index is 1300. The van der Waals surface area contributed by atoms with E-state index >= 15 is 0 Å². The molecule has 0 amide bonds. The Morgan fingerprint density at radius 3 is 2.09 bits per heavy atom. The number of allylic oxidation sites excluding steroid dienone is 3. The van der Waals surface area contributed by atoms with Crippen LogP contribution in [0.1, 0.15) is 108 Å².